The Balaban J connectivity index is 2.42. The van der Waals surface area contributed by atoms with Crippen molar-refractivity contribution in [2.75, 3.05) is 12.4 Å². The van der Waals surface area contributed by atoms with E-state index >= 15 is 0 Å². The molecule has 2 rings (SSSR count). The number of hydrogen-bond acceptors (Lipinski definition) is 6. The minimum atomic E-state index is -0.834. The van der Waals surface area contributed by atoms with Gasteiger partial charge in [0.25, 0.3) is 11.6 Å². The molecule has 1 N–H and O–H groups in total. The number of rotatable bonds is 4. The molecule has 0 aliphatic heterocycles. The van der Waals surface area contributed by atoms with Gasteiger partial charge in [-0.2, -0.15) is 9.37 Å². The highest BCUT2D eigenvalue weighted by molar-refractivity contribution is 6.37. The van der Waals surface area contributed by atoms with E-state index in [1.165, 1.54) is 0 Å². The van der Waals surface area contributed by atoms with Crippen molar-refractivity contribution in [3.63, 3.8) is 0 Å². The van der Waals surface area contributed by atoms with Crippen LogP contribution in [-0.4, -0.2) is 21.9 Å². The van der Waals surface area contributed by atoms with Gasteiger partial charge in [-0.3, -0.25) is 10.1 Å². The predicted molar refractivity (Wildman–Crippen MR) is 74.7 cm³/mol. The summed E-state index contributed by atoms with van der Waals surface area (Å²) < 4.78 is 18.8. The van der Waals surface area contributed by atoms with Crippen LogP contribution in [0.4, 0.5) is 16.0 Å². The summed E-state index contributed by atoms with van der Waals surface area (Å²) in [6.45, 7) is 0. The van der Waals surface area contributed by atoms with Gasteiger partial charge in [0.15, 0.2) is 5.75 Å². The van der Waals surface area contributed by atoms with Crippen LogP contribution in [0.3, 0.4) is 0 Å². The molecule has 21 heavy (non-hydrogen) atoms. The van der Waals surface area contributed by atoms with Gasteiger partial charge >= 0.3 is 0 Å². The van der Waals surface area contributed by atoms with Gasteiger partial charge in [0.2, 0.25) is 11.8 Å². The van der Waals surface area contributed by atoms with Gasteiger partial charge in [0, 0.05) is 19.2 Å². The molecule has 1 heterocycles. The van der Waals surface area contributed by atoms with Crippen LogP contribution in [0.5, 0.6) is 11.6 Å². The molecule has 0 saturated carbocycles. The molecule has 1 aromatic heterocycles. The lowest BCUT2D eigenvalue weighted by Gasteiger charge is -2.10. The second-order valence-electron chi connectivity index (χ2n) is 3.69. The van der Waals surface area contributed by atoms with E-state index in [2.05, 4.69) is 15.3 Å². The van der Waals surface area contributed by atoms with Crippen molar-refractivity contribution < 1.29 is 14.1 Å². The molecule has 0 spiro atoms. The molecule has 0 radical (unpaired) electrons. The maximum Gasteiger partial charge on any atom is 0.272 e. The van der Waals surface area contributed by atoms with E-state index in [1.54, 1.807) is 7.05 Å². The van der Waals surface area contributed by atoms with E-state index in [-0.39, 0.29) is 27.4 Å². The number of nitro benzene ring substituents is 1. The first kappa shape index (κ1) is 15.2. The number of benzene rings is 1. The Hall–Kier alpha value is -2.19. The van der Waals surface area contributed by atoms with Crippen LogP contribution in [0.25, 0.3) is 0 Å². The van der Waals surface area contributed by atoms with Gasteiger partial charge in [0.1, 0.15) is 0 Å². The molecule has 0 aliphatic rings. The average molecular weight is 333 g/mol. The molecule has 0 saturated heterocycles. The lowest BCUT2D eigenvalue weighted by Crippen LogP contribution is -2.01. The molecule has 1 aromatic carbocycles. The molecule has 7 nitrogen and oxygen atoms in total. The van der Waals surface area contributed by atoms with Crippen LogP contribution < -0.4 is 10.1 Å². The maximum absolute atomic E-state index is 13.6. The summed E-state index contributed by atoms with van der Waals surface area (Å²) in [4.78, 5) is 17.4. The van der Waals surface area contributed by atoms with E-state index in [9.17, 15) is 14.5 Å². The third-order valence-electron chi connectivity index (χ3n) is 2.33. The molecule has 10 heteroatoms. The van der Waals surface area contributed by atoms with Crippen molar-refractivity contribution >= 4 is 34.8 Å². The van der Waals surface area contributed by atoms with E-state index in [0.29, 0.717) is 0 Å². The van der Waals surface area contributed by atoms with Gasteiger partial charge < -0.3 is 10.1 Å². The summed E-state index contributed by atoms with van der Waals surface area (Å²) in [7, 11) is 1.54. The number of anilines is 1. The Morgan fingerprint density at radius 2 is 2.00 bits per heavy atom. The molecule has 0 atom stereocenters. The van der Waals surface area contributed by atoms with Crippen molar-refractivity contribution in [2.24, 2.45) is 0 Å². The van der Waals surface area contributed by atoms with Crippen LogP contribution in [0.1, 0.15) is 0 Å². The second kappa shape index (κ2) is 6.06. The smallest absolute Gasteiger partial charge is 0.272 e. The molecule has 0 aliphatic carbocycles. The van der Waals surface area contributed by atoms with Gasteiger partial charge in [-0.25, -0.2) is 4.98 Å². The summed E-state index contributed by atoms with van der Waals surface area (Å²) in [5.74, 6) is -1.25. The highest BCUT2D eigenvalue weighted by atomic mass is 35.5. The van der Waals surface area contributed by atoms with Crippen LogP contribution in [-0.2, 0) is 0 Å². The largest absolute Gasteiger partial charge is 0.433 e. The first-order valence-electron chi connectivity index (χ1n) is 5.44. The summed E-state index contributed by atoms with van der Waals surface area (Å²) in [5.41, 5.74) is -0.309. The van der Waals surface area contributed by atoms with Crippen molar-refractivity contribution in [3.05, 3.63) is 44.3 Å². The number of nitro groups is 1. The van der Waals surface area contributed by atoms with Crippen molar-refractivity contribution in [3.8, 4) is 11.6 Å². The Morgan fingerprint density at radius 1 is 1.38 bits per heavy atom. The fraction of sp³-hybridized carbons (Fsp3) is 0.0909. The quantitative estimate of drug-likeness (QED) is 0.678. The molecule has 2 aromatic rings. The van der Waals surface area contributed by atoms with Gasteiger partial charge in [-0.1, -0.05) is 23.2 Å². The lowest BCUT2D eigenvalue weighted by molar-refractivity contribution is -0.384. The zero-order valence-corrected chi connectivity index (χ0v) is 11.9. The molecule has 0 fully saturated rings. The van der Waals surface area contributed by atoms with E-state index in [1.807, 2.05) is 0 Å². The fourth-order valence-electron chi connectivity index (χ4n) is 1.39. The number of nitrogens with one attached hydrogen (secondary N) is 1. The highest BCUT2D eigenvalue weighted by Crippen LogP contribution is 2.39. The Labute approximate surface area is 127 Å². The highest BCUT2D eigenvalue weighted by Gasteiger charge is 2.18. The molecule has 0 bridgehead atoms. The zero-order chi connectivity index (χ0) is 15.6. The second-order valence-corrected chi connectivity index (χ2v) is 4.51. The minimum Gasteiger partial charge on any atom is -0.433 e. The van der Waals surface area contributed by atoms with Crippen LogP contribution in [0, 0.1) is 15.9 Å². The number of non-ortho nitro benzene ring substituents is 1. The first-order valence-corrected chi connectivity index (χ1v) is 6.19. The zero-order valence-electron chi connectivity index (χ0n) is 10.4. The topological polar surface area (TPSA) is 90.2 Å². The molecular weight excluding hydrogens is 326 g/mol. The van der Waals surface area contributed by atoms with Crippen LogP contribution in [0.15, 0.2) is 18.3 Å². The lowest BCUT2D eigenvalue weighted by atomic mass is 10.3. The standard InChI is InChI=1S/C11H7Cl2FN4O3/c1-15-11-16-4-8(14)10(17-11)21-9-6(12)2-5(18(19)20)3-7(9)13/h2-4H,1H3,(H,15,16,17). The third kappa shape index (κ3) is 3.29. The summed E-state index contributed by atoms with van der Waals surface area (Å²) in [5, 5.41) is 13.0. The first-order chi connectivity index (χ1) is 9.92. The molecule has 0 amide bonds. The maximum atomic E-state index is 13.6. The number of halogens is 3. The number of aromatic nitrogens is 2. The van der Waals surface area contributed by atoms with E-state index in [0.717, 1.165) is 18.3 Å². The van der Waals surface area contributed by atoms with Gasteiger partial charge in [-0.05, 0) is 0 Å². The summed E-state index contributed by atoms with van der Waals surface area (Å²) in [6, 6.07) is 2.09. The van der Waals surface area contributed by atoms with Crippen molar-refractivity contribution in [1.29, 1.82) is 0 Å². The summed E-state index contributed by atoms with van der Waals surface area (Å²) >= 11 is 11.7. The number of nitrogens with zero attached hydrogens (tertiary/aromatic N) is 3. The van der Waals surface area contributed by atoms with Crippen molar-refractivity contribution in [1.82, 2.24) is 9.97 Å². The van der Waals surface area contributed by atoms with Crippen LogP contribution >= 0.6 is 23.2 Å². The van der Waals surface area contributed by atoms with E-state index in [4.69, 9.17) is 27.9 Å². The monoisotopic (exact) mass is 332 g/mol. The normalized spacial score (nSPS) is 10.3. The van der Waals surface area contributed by atoms with E-state index < -0.39 is 16.6 Å². The fourth-order valence-corrected chi connectivity index (χ4v) is 1.94. The third-order valence-corrected chi connectivity index (χ3v) is 2.89. The van der Waals surface area contributed by atoms with Crippen molar-refractivity contribution in [2.45, 2.75) is 0 Å². The summed E-state index contributed by atoms with van der Waals surface area (Å²) in [6.07, 6.45) is 0.904. The Morgan fingerprint density at radius 3 is 2.52 bits per heavy atom. The van der Waals surface area contributed by atoms with Crippen LogP contribution in [0.2, 0.25) is 10.0 Å². The van der Waals surface area contributed by atoms with Gasteiger partial charge in [-0.15, -0.1) is 0 Å². The molecular formula is C11H7Cl2FN4O3. The SMILES string of the molecule is CNc1ncc(F)c(Oc2c(Cl)cc([N+](=O)[O-])cc2Cl)n1. The molecule has 0 unspecified atom stereocenters. The number of ether oxygens (including phenoxy) is 1. The Bertz CT molecular complexity index is 691. The van der Waals surface area contributed by atoms with Gasteiger partial charge in [0.05, 0.1) is 21.2 Å². The number of hydrogen-bond donors (Lipinski definition) is 1. The average Bonchev–Trinajstić information content (AvgIpc) is 2.44. The minimum absolute atomic E-state index is 0.126. The molecule has 110 valence electrons. The Kier molecular flexibility index (Phi) is 4.39. The predicted octanol–water partition coefficient (Wildman–Crippen LogP) is 3.66.